The zero-order valence-corrected chi connectivity index (χ0v) is 18.6. The van der Waals surface area contributed by atoms with Crippen LogP contribution in [0.4, 0.5) is 0 Å². The molecule has 31 heavy (non-hydrogen) atoms. The van der Waals surface area contributed by atoms with Crippen LogP contribution in [0.15, 0.2) is 24.3 Å². The largest absolute Gasteiger partial charge is 0.497 e. The zero-order valence-electron chi connectivity index (χ0n) is 18.6. The van der Waals surface area contributed by atoms with Gasteiger partial charge in [0.2, 0.25) is 11.8 Å². The number of hydrogen-bond acceptors (Lipinski definition) is 5. The Morgan fingerprint density at radius 1 is 0.903 bits per heavy atom. The molecule has 7 heteroatoms. The molecule has 3 fully saturated rings. The number of morpholine rings is 1. The molecule has 0 bridgehead atoms. The molecule has 170 valence electrons. The Hall–Kier alpha value is -2.12. The van der Waals surface area contributed by atoms with Gasteiger partial charge in [-0.3, -0.25) is 9.59 Å². The quantitative estimate of drug-likeness (QED) is 0.714. The van der Waals surface area contributed by atoms with E-state index in [-0.39, 0.29) is 11.8 Å². The predicted octanol–water partition coefficient (Wildman–Crippen LogP) is 1.80. The first-order valence-electron chi connectivity index (χ1n) is 11.7. The lowest BCUT2D eigenvalue weighted by atomic mass is 9.92. The maximum atomic E-state index is 12.7. The molecule has 1 aromatic carbocycles. The summed E-state index contributed by atoms with van der Waals surface area (Å²) in [6.07, 6.45) is 4.40. The lowest BCUT2D eigenvalue weighted by Gasteiger charge is -2.42. The van der Waals surface area contributed by atoms with Crippen molar-refractivity contribution >= 4 is 11.8 Å². The molecule has 0 unspecified atom stereocenters. The number of ether oxygens (including phenoxy) is 2. The Morgan fingerprint density at radius 3 is 2.16 bits per heavy atom. The summed E-state index contributed by atoms with van der Waals surface area (Å²) < 4.78 is 10.6. The van der Waals surface area contributed by atoms with E-state index in [2.05, 4.69) is 4.90 Å². The number of nitrogens with zero attached hydrogens (tertiary/aromatic N) is 3. The van der Waals surface area contributed by atoms with Crippen molar-refractivity contribution in [3.63, 3.8) is 0 Å². The summed E-state index contributed by atoms with van der Waals surface area (Å²) in [4.78, 5) is 32.0. The van der Waals surface area contributed by atoms with Crippen LogP contribution in [0.3, 0.4) is 0 Å². The van der Waals surface area contributed by atoms with Crippen LogP contribution in [-0.4, -0.2) is 92.1 Å². The second-order valence-corrected chi connectivity index (χ2v) is 8.88. The Balaban J connectivity index is 1.19. The van der Waals surface area contributed by atoms with E-state index in [9.17, 15) is 9.59 Å². The third kappa shape index (κ3) is 5.57. The molecule has 0 saturated carbocycles. The number of likely N-dealkylation sites (tertiary alicyclic amines) is 2. The highest BCUT2D eigenvalue weighted by Crippen LogP contribution is 2.26. The van der Waals surface area contributed by atoms with E-state index >= 15 is 0 Å². The van der Waals surface area contributed by atoms with Gasteiger partial charge in [-0.05, 0) is 56.5 Å². The molecule has 0 atom stereocenters. The average Bonchev–Trinajstić information content (AvgIpc) is 2.85. The van der Waals surface area contributed by atoms with E-state index in [0.29, 0.717) is 31.6 Å². The molecule has 7 nitrogen and oxygen atoms in total. The third-order valence-corrected chi connectivity index (χ3v) is 7.05. The molecule has 3 aliphatic rings. The third-order valence-electron chi connectivity index (χ3n) is 7.05. The first kappa shape index (κ1) is 22.1. The van der Waals surface area contributed by atoms with Gasteiger partial charge in [-0.25, -0.2) is 0 Å². The van der Waals surface area contributed by atoms with Gasteiger partial charge in [0, 0.05) is 38.1 Å². The zero-order chi connectivity index (χ0) is 21.6. The summed E-state index contributed by atoms with van der Waals surface area (Å²) in [5.41, 5.74) is 1.03. The minimum Gasteiger partial charge on any atom is -0.497 e. The first-order chi connectivity index (χ1) is 15.1. The van der Waals surface area contributed by atoms with E-state index in [1.54, 1.807) is 7.11 Å². The fourth-order valence-electron chi connectivity index (χ4n) is 5.06. The standard InChI is InChI=1S/C24H35N3O4/c1-30-22-4-2-19(3-5-22)18-23(28)26-12-8-21(9-13-26)25-10-6-20(7-11-25)24(29)27-14-16-31-17-15-27/h2-5,20-21H,6-18H2,1H3. The van der Waals surface area contributed by atoms with Crippen molar-refractivity contribution in [3.8, 4) is 5.75 Å². The van der Waals surface area contributed by atoms with Gasteiger partial charge in [0.1, 0.15) is 5.75 Å². The molecule has 3 saturated heterocycles. The molecule has 2 amide bonds. The number of piperidine rings is 2. The Kier molecular flexibility index (Phi) is 7.45. The van der Waals surface area contributed by atoms with Crippen molar-refractivity contribution in [1.82, 2.24) is 14.7 Å². The number of methoxy groups -OCH3 is 1. The second-order valence-electron chi connectivity index (χ2n) is 8.88. The normalized spacial score (nSPS) is 21.8. The fraction of sp³-hybridized carbons (Fsp3) is 0.667. The van der Waals surface area contributed by atoms with Crippen molar-refractivity contribution < 1.29 is 19.1 Å². The van der Waals surface area contributed by atoms with Crippen LogP contribution in [-0.2, 0) is 20.7 Å². The molecule has 0 radical (unpaired) electrons. The van der Waals surface area contributed by atoms with Crippen molar-refractivity contribution in [3.05, 3.63) is 29.8 Å². The van der Waals surface area contributed by atoms with Crippen LogP contribution in [0.1, 0.15) is 31.2 Å². The van der Waals surface area contributed by atoms with Crippen LogP contribution in [0, 0.1) is 5.92 Å². The predicted molar refractivity (Wildman–Crippen MR) is 118 cm³/mol. The molecule has 0 aliphatic carbocycles. The highest BCUT2D eigenvalue weighted by Gasteiger charge is 2.33. The first-order valence-corrected chi connectivity index (χ1v) is 11.7. The molecule has 3 aliphatic heterocycles. The van der Waals surface area contributed by atoms with Gasteiger partial charge in [-0.15, -0.1) is 0 Å². The smallest absolute Gasteiger partial charge is 0.226 e. The second kappa shape index (κ2) is 10.5. The Morgan fingerprint density at radius 2 is 1.55 bits per heavy atom. The number of rotatable bonds is 5. The minimum atomic E-state index is 0.167. The molecule has 0 N–H and O–H groups in total. The lowest BCUT2D eigenvalue weighted by molar-refractivity contribution is -0.141. The topological polar surface area (TPSA) is 62.3 Å². The Labute approximate surface area is 185 Å². The molecular weight excluding hydrogens is 394 g/mol. The number of hydrogen-bond donors (Lipinski definition) is 0. The van der Waals surface area contributed by atoms with Gasteiger partial charge in [-0.2, -0.15) is 0 Å². The summed E-state index contributed by atoms with van der Waals surface area (Å²) in [7, 11) is 1.65. The lowest BCUT2D eigenvalue weighted by Crippen LogP contribution is -2.51. The van der Waals surface area contributed by atoms with E-state index in [1.165, 1.54) is 0 Å². The van der Waals surface area contributed by atoms with E-state index in [0.717, 1.165) is 76.3 Å². The maximum Gasteiger partial charge on any atom is 0.226 e. The van der Waals surface area contributed by atoms with Gasteiger partial charge in [0.25, 0.3) is 0 Å². The van der Waals surface area contributed by atoms with Crippen molar-refractivity contribution in [1.29, 1.82) is 0 Å². The maximum absolute atomic E-state index is 12.7. The molecule has 0 spiro atoms. The van der Waals surface area contributed by atoms with Gasteiger partial charge in [-0.1, -0.05) is 12.1 Å². The van der Waals surface area contributed by atoms with Crippen molar-refractivity contribution in [2.24, 2.45) is 5.92 Å². The van der Waals surface area contributed by atoms with Gasteiger partial charge >= 0.3 is 0 Å². The number of carbonyl (C=O) groups excluding carboxylic acids is 2. The summed E-state index contributed by atoms with van der Waals surface area (Å²) in [6.45, 7) is 6.44. The molecular formula is C24H35N3O4. The van der Waals surface area contributed by atoms with Crippen molar-refractivity contribution in [2.45, 2.75) is 38.1 Å². The molecule has 3 heterocycles. The van der Waals surface area contributed by atoms with Crippen LogP contribution >= 0.6 is 0 Å². The Bertz CT molecular complexity index is 732. The van der Waals surface area contributed by atoms with Crippen LogP contribution in [0.5, 0.6) is 5.75 Å². The summed E-state index contributed by atoms with van der Waals surface area (Å²) in [5, 5.41) is 0. The highest BCUT2D eigenvalue weighted by atomic mass is 16.5. The minimum absolute atomic E-state index is 0.167. The monoisotopic (exact) mass is 429 g/mol. The van der Waals surface area contributed by atoms with Crippen LogP contribution < -0.4 is 4.74 Å². The number of benzene rings is 1. The molecule has 0 aromatic heterocycles. The van der Waals surface area contributed by atoms with Crippen LogP contribution in [0.2, 0.25) is 0 Å². The summed E-state index contributed by atoms with van der Waals surface area (Å²) in [6, 6.07) is 8.27. The fourth-order valence-corrected chi connectivity index (χ4v) is 5.06. The van der Waals surface area contributed by atoms with Crippen molar-refractivity contribution in [2.75, 3.05) is 59.6 Å². The molecule has 4 rings (SSSR count). The van der Waals surface area contributed by atoms with Crippen LogP contribution in [0.25, 0.3) is 0 Å². The SMILES string of the molecule is COc1ccc(CC(=O)N2CCC(N3CCC(C(=O)N4CCOCC4)CC3)CC2)cc1. The summed E-state index contributed by atoms with van der Waals surface area (Å²) in [5.74, 6) is 1.51. The van der Waals surface area contributed by atoms with Gasteiger partial charge in [0.05, 0.1) is 26.7 Å². The van der Waals surface area contributed by atoms with Gasteiger partial charge < -0.3 is 24.2 Å². The van der Waals surface area contributed by atoms with E-state index in [1.807, 2.05) is 34.1 Å². The average molecular weight is 430 g/mol. The van der Waals surface area contributed by atoms with E-state index in [4.69, 9.17) is 9.47 Å². The van der Waals surface area contributed by atoms with E-state index < -0.39 is 0 Å². The number of carbonyl (C=O) groups is 2. The summed E-state index contributed by atoms with van der Waals surface area (Å²) >= 11 is 0. The van der Waals surface area contributed by atoms with Gasteiger partial charge in [0.15, 0.2) is 0 Å². The molecule has 1 aromatic rings. The highest BCUT2D eigenvalue weighted by molar-refractivity contribution is 5.79. The number of amides is 2.